The van der Waals surface area contributed by atoms with Gasteiger partial charge in [0.2, 0.25) is 6.20 Å². The summed E-state index contributed by atoms with van der Waals surface area (Å²) in [6, 6.07) is 29.9. The second kappa shape index (κ2) is 8.27. The Bertz CT molecular complexity index is 1310. The number of pyridine rings is 1. The molecule has 0 spiro atoms. The summed E-state index contributed by atoms with van der Waals surface area (Å²) in [4.78, 5) is 4.54. The predicted octanol–water partition coefficient (Wildman–Crippen LogP) is 6.31. The fraction of sp³-hybridized carbons (Fsp3) is 0.103. The normalized spacial score (nSPS) is 11.0. The van der Waals surface area contributed by atoms with E-state index in [1.165, 1.54) is 38.9 Å². The van der Waals surface area contributed by atoms with Gasteiger partial charge < -0.3 is 0 Å². The molecule has 3 nitrogen and oxygen atoms in total. The summed E-state index contributed by atoms with van der Waals surface area (Å²) in [5, 5.41) is 0. The lowest BCUT2D eigenvalue weighted by Crippen LogP contribution is -2.37. The maximum atomic E-state index is 4.54. The van der Waals surface area contributed by atoms with Crippen LogP contribution in [-0.4, -0.2) is 9.67 Å². The van der Waals surface area contributed by atoms with Gasteiger partial charge in [-0.1, -0.05) is 78.9 Å². The number of aromatic nitrogens is 3. The van der Waals surface area contributed by atoms with Crippen LogP contribution in [0.4, 0.5) is 0 Å². The number of rotatable bonds is 4. The van der Waals surface area contributed by atoms with Crippen LogP contribution in [-0.2, 0) is 7.05 Å². The standard InChI is InChI=1S/C29H26N3/c1-21-17-18-30-22(2)29(21)32-20-25(19-31(32)3)28-26(23-11-6-4-7-12-23)15-10-16-27(28)24-13-8-5-9-14-24/h4-20H,1-3H3/q+1. The summed E-state index contributed by atoms with van der Waals surface area (Å²) in [6.07, 6.45) is 6.31. The Morgan fingerprint density at radius 2 is 1.28 bits per heavy atom. The van der Waals surface area contributed by atoms with E-state index in [9.17, 15) is 0 Å². The van der Waals surface area contributed by atoms with Gasteiger partial charge in [0.1, 0.15) is 5.69 Å². The average molecular weight is 417 g/mol. The van der Waals surface area contributed by atoms with Gasteiger partial charge >= 0.3 is 0 Å². The molecule has 0 aliphatic rings. The summed E-state index contributed by atoms with van der Waals surface area (Å²) < 4.78 is 4.34. The van der Waals surface area contributed by atoms with E-state index in [2.05, 4.69) is 133 Å². The molecule has 156 valence electrons. The summed E-state index contributed by atoms with van der Waals surface area (Å²) >= 11 is 0. The van der Waals surface area contributed by atoms with Gasteiger partial charge in [-0.05, 0) is 47.7 Å². The first kappa shape index (κ1) is 20.0. The lowest BCUT2D eigenvalue weighted by Gasteiger charge is -2.14. The minimum atomic E-state index is 1.02. The summed E-state index contributed by atoms with van der Waals surface area (Å²) in [7, 11) is 2.09. The zero-order valence-electron chi connectivity index (χ0n) is 18.7. The van der Waals surface area contributed by atoms with Gasteiger partial charge in [-0.3, -0.25) is 4.98 Å². The second-order valence-electron chi connectivity index (χ2n) is 8.15. The van der Waals surface area contributed by atoms with Crippen LogP contribution in [0, 0.1) is 13.8 Å². The summed E-state index contributed by atoms with van der Waals surface area (Å²) in [5.41, 5.74) is 10.6. The van der Waals surface area contributed by atoms with Crippen molar-refractivity contribution in [1.29, 1.82) is 0 Å². The third-order valence-corrected chi connectivity index (χ3v) is 5.99. The van der Waals surface area contributed by atoms with Crippen LogP contribution in [0.3, 0.4) is 0 Å². The van der Waals surface area contributed by atoms with E-state index in [0.29, 0.717) is 0 Å². The number of nitrogens with zero attached hydrogens (tertiary/aromatic N) is 3. The van der Waals surface area contributed by atoms with E-state index < -0.39 is 0 Å². The molecule has 32 heavy (non-hydrogen) atoms. The molecule has 5 rings (SSSR count). The molecule has 0 fully saturated rings. The lowest BCUT2D eigenvalue weighted by atomic mass is 9.89. The van der Waals surface area contributed by atoms with Crippen LogP contribution >= 0.6 is 0 Å². The van der Waals surface area contributed by atoms with Gasteiger partial charge in [0.25, 0.3) is 0 Å². The van der Waals surface area contributed by atoms with Crippen molar-refractivity contribution in [2.24, 2.45) is 7.05 Å². The monoisotopic (exact) mass is 416 g/mol. The molecule has 3 aromatic carbocycles. The van der Waals surface area contributed by atoms with Crippen molar-refractivity contribution in [2.45, 2.75) is 13.8 Å². The van der Waals surface area contributed by atoms with Crippen molar-refractivity contribution in [3.63, 3.8) is 0 Å². The highest BCUT2D eigenvalue weighted by atomic mass is 15.4. The van der Waals surface area contributed by atoms with Crippen molar-refractivity contribution >= 4 is 0 Å². The van der Waals surface area contributed by atoms with Crippen LogP contribution in [0.25, 0.3) is 39.1 Å². The van der Waals surface area contributed by atoms with Gasteiger partial charge in [-0.25, -0.2) is 0 Å². The molecule has 0 N–H and O–H groups in total. The Kier molecular flexibility index (Phi) is 5.16. The Morgan fingerprint density at radius 3 is 1.84 bits per heavy atom. The van der Waals surface area contributed by atoms with Crippen molar-refractivity contribution in [3.8, 4) is 39.1 Å². The van der Waals surface area contributed by atoms with Crippen molar-refractivity contribution < 1.29 is 4.68 Å². The summed E-state index contributed by atoms with van der Waals surface area (Å²) in [5.74, 6) is 0. The van der Waals surface area contributed by atoms with E-state index in [0.717, 1.165) is 11.4 Å². The van der Waals surface area contributed by atoms with Crippen LogP contribution in [0.5, 0.6) is 0 Å². The Hall–Kier alpha value is -3.98. The van der Waals surface area contributed by atoms with Crippen LogP contribution in [0.1, 0.15) is 11.3 Å². The van der Waals surface area contributed by atoms with Crippen molar-refractivity contribution in [1.82, 2.24) is 9.67 Å². The molecule has 2 heterocycles. The molecule has 0 saturated carbocycles. The molecular weight excluding hydrogens is 390 g/mol. The summed E-state index contributed by atoms with van der Waals surface area (Å²) in [6.45, 7) is 4.20. The molecular formula is C29H26N3+. The molecule has 0 amide bonds. The van der Waals surface area contributed by atoms with Gasteiger partial charge in [-0.15, -0.1) is 9.36 Å². The smallest absolute Gasteiger partial charge is 0.203 e. The molecule has 2 aromatic heterocycles. The Balaban J connectivity index is 1.78. The molecule has 0 atom stereocenters. The average Bonchev–Trinajstić information content (AvgIpc) is 3.20. The number of aryl methyl sites for hydroxylation is 3. The Morgan fingerprint density at radius 1 is 0.688 bits per heavy atom. The SMILES string of the molecule is Cc1ccnc(C)c1-n1cc(-c2c(-c3ccccc3)cccc2-c2ccccc2)c[n+]1C. The van der Waals surface area contributed by atoms with E-state index >= 15 is 0 Å². The first-order valence-electron chi connectivity index (χ1n) is 10.9. The van der Waals surface area contributed by atoms with E-state index in [4.69, 9.17) is 0 Å². The van der Waals surface area contributed by atoms with Gasteiger partial charge in [-0.2, -0.15) is 0 Å². The van der Waals surface area contributed by atoms with Crippen LogP contribution < -0.4 is 4.68 Å². The van der Waals surface area contributed by atoms with Gasteiger partial charge in [0.05, 0.1) is 17.5 Å². The lowest BCUT2D eigenvalue weighted by molar-refractivity contribution is -0.744. The van der Waals surface area contributed by atoms with E-state index in [1.807, 2.05) is 6.20 Å². The predicted molar refractivity (Wildman–Crippen MR) is 131 cm³/mol. The van der Waals surface area contributed by atoms with E-state index in [1.54, 1.807) is 0 Å². The topological polar surface area (TPSA) is 21.7 Å². The molecule has 0 radical (unpaired) electrons. The fourth-order valence-electron chi connectivity index (χ4n) is 4.48. The Labute approximate surface area is 189 Å². The van der Waals surface area contributed by atoms with Crippen molar-refractivity contribution in [3.05, 3.63) is 115 Å². The van der Waals surface area contributed by atoms with E-state index in [-0.39, 0.29) is 0 Å². The molecule has 0 bridgehead atoms. The highest BCUT2D eigenvalue weighted by Gasteiger charge is 2.21. The number of benzene rings is 3. The number of hydrogen-bond donors (Lipinski definition) is 0. The zero-order chi connectivity index (χ0) is 22.1. The molecule has 0 aliphatic heterocycles. The minimum Gasteiger partial charge on any atom is -0.259 e. The maximum Gasteiger partial charge on any atom is 0.203 e. The highest BCUT2D eigenvalue weighted by molar-refractivity contribution is 5.94. The third-order valence-electron chi connectivity index (χ3n) is 5.99. The largest absolute Gasteiger partial charge is 0.259 e. The number of hydrogen-bond acceptors (Lipinski definition) is 1. The quantitative estimate of drug-likeness (QED) is 0.314. The van der Waals surface area contributed by atoms with Gasteiger partial charge in [0, 0.05) is 11.8 Å². The third kappa shape index (κ3) is 3.52. The van der Waals surface area contributed by atoms with Crippen LogP contribution in [0.15, 0.2) is 104 Å². The first-order valence-corrected chi connectivity index (χ1v) is 10.9. The highest BCUT2D eigenvalue weighted by Crippen LogP contribution is 2.39. The van der Waals surface area contributed by atoms with Gasteiger partial charge in [0.15, 0.2) is 7.05 Å². The molecule has 0 saturated heterocycles. The van der Waals surface area contributed by atoms with Crippen LogP contribution in [0.2, 0.25) is 0 Å². The fourth-order valence-corrected chi connectivity index (χ4v) is 4.48. The van der Waals surface area contributed by atoms with Crippen molar-refractivity contribution in [2.75, 3.05) is 0 Å². The molecule has 5 aromatic rings. The first-order chi connectivity index (χ1) is 15.6. The molecule has 3 heteroatoms. The molecule has 0 aliphatic carbocycles. The maximum absolute atomic E-state index is 4.54. The minimum absolute atomic E-state index is 1.02. The molecule has 0 unspecified atom stereocenters. The second-order valence-corrected chi connectivity index (χ2v) is 8.15. The zero-order valence-corrected chi connectivity index (χ0v) is 18.7.